The van der Waals surface area contributed by atoms with Crippen LogP contribution in [0, 0.1) is 0 Å². The maximum Gasteiger partial charge on any atom is 0.251 e. The molecular weight excluding hydrogens is 376 g/mol. The molecule has 0 radical (unpaired) electrons. The molecule has 3 aromatic carbocycles. The third kappa shape index (κ3) is 4.98. The Morgan fingerprint density at radius 2 is 1.67 bits per heavy atom. The predicted molar refractivity (Wildman–Crippen MR) is 118 cm³/mol. The van der Waals surface area contributed by atoms with Crippen molar-refractivity contribution >= 4 is 22.6 Å². The Bertz CT molecular complexity index is 1060. The van der Waals surface area contributed by atoms with E-state index in [1.807, 2.05) is 42.5 Å². The molecule has 5 nitrogen and oxygen atoms in total. The van der Waals surface area contributed by atoms with Crippen LogP contribution >= 0.6 is 0 Å². The molecule has 0 bridgehead atoms. The van der Waals surface area contributed by atoms with Crippen molar-refractivity contribution in [3.63, 3.8) is 0 Å². The van der Waals surface area contributed by atoms with Crippen LogP contribution in [0.5, 0.6) is 5.75 Å². The van der Waals surface area contributed by atoms with Crippen molar-refractivity contribution in [1.82, 2.24) is 10.6 Å². The van der Waals surface area contributed by atoms with Gasteiger partial charge >= 0.3 is 0 Å². The monoisotopic (exact) mass is 402 g/mol. The van der Waals surface area contributed by atoms with Gasteiger partial charge in [-0.05, 0) is 65.4 Å². The molecule has 3 aromatic rings. The first-order valence-electron chi connectivity index (χ1n) is 10.5. The van der Waals surface area contributed by atoms with Gasteiger partial charge < -0.3 is 15.4 Å². The van der Waals surface area contributed by atoms with Crippen molar-refractivity contribution in [2.24, 2.45) is 0 Å². The van der Waals surface area contributed by atoms with Gasteiger partial charge in [-0.1, -0.05) is 36.4 Å². The van der Waals surface area contributed by atoms with Crippen LogP contribution in [-0.4, -0.2) is 31.5 Å². The van der Waals surface area contributed by atoms with Gasteiger partial charge in [-0.3, -0.25) is 9.59 Å². The molecule has 0 aliphatic heterocycles. The molecule has 0 heterocycles. The van der Waals surface area contributed by atoms with E-state index in [1.165, 1.54) is 17.5 Å². The van der Waals surface area contributed by atoms with Crippen LogP contribution in [0.2, 0.25) is 0 Å². The lowest BCUT2D eigenvalue weighted by atomic mass is 10.1. The Kier molecular flexibility index (Phi) is 6.28. The summed E-state index contributed by atoms with van der Waals surface area (Å²) in [6.07, 6.45) is 3.72. The van der Waals surface area contributed by atoms with Crippen molar-refractivity contribution in [3.8, 4) is 5.75 Å². The van der Waals surface area contributed by atoms with Crippen molar-refractivity contribution in [3.05, 3.63) is 77.4 Å². The number of rotatable bonds is 8. The van der Waals surface area contributed by atoms with E-state index in [0.717, 1.165) is 29.4 Å². The molecule has 30 heavy (non-hydrogen) atoms. The lowest BCUT2D eigenvalue weighted by Gasteiger charge is -2.10. The summed E-state index contributed by atoms with van der Waals surface area (Å²) in [5.41, 5.74) is 3.39. The average Bonchev–Trinajstić information content (AvgIpc) is 3.24. The lowest BCUT2D eigenvalue weighted by molar-refractivity contribution is -0.121. The van der Waals surface area contributed by atoms with E-state index in [4.69, 9.17) is 4.74 Å². The van der Waals surface area contributed by atoms with E-state index in [1.54, 1.807) is 6.07 Å². The van der Waals surface area contributed by atoms with Crippen molar-refractivity contribution in [2.45, 2.75) is 25.7 Å². The third-order valence-corrected chi connectivity index (χ3v) is 5.41. The summed E-state index contributed by atoms with van der Waals surface area (Å²) < 4.78 is 5.73. The van der Waals surface area contributed by atoms with E-state index >= 15 is 0 Å². The molecule has 1 aliphatic carbocycles. The number of aryl methyl sites for hydroxylation is 2. The Balaban J connectivity index is 1.14. The summed E-state index contributed by atoms with van der Waals surface area (Å²) in [6, 6.07) is 19.7. The van der Waals surface area contributed by atoms with E-state index in [2.05, 4.69) is 22.8 Å². The number of hydrogen-bond acceptors (Lipinski definition) is 3. The quantitative estimate of drug-likeness (QED) is 0.565. The second-order valence-corrected chi connectivity index (χ2v) is 7.55. The van der Waals surface area contributed by atoms with Gasteiger partial charge in [-0.2, -0.15) is 0 Å². The second kappa shape index (κ2) is 9.44. The summed E-state index contributed by atoms with van der Waals surface area (Å²) in [5.74, 6) is 0.576. The molecule has 0 aromatic heterocycles. The van der Waals surface area contributed by atoms with E-state index in [-0.39, 0.29) is 18.2 Å². The number of ether oxygens (including phenoxy) is 1. The summed E-state index contributed by atoms with van der Waals surface area (Å²) in [4.78, 5) is 24.3. The minimum Gasteiger partial charge on any atom is -0.492 e. The van der Waals surface area contributed by atoms with Crippen LogP contribution in [0.25, 0.3) is 10.8 Å². The van der Waals surface area contributed by atoms with Gasteiger partial charge in [0.2, 0.25) is 5.91 Å². The molecule has 5 heteroatoms. The van der Waals surface area contributed by atoms with Crippen LogP contribution in [0.3, 0.4) is 0 Å². The molecule has 0 spiro atoms. The fourth-order valence-corrected chi connectivity index (χ4v) is 3.81. The topological polar surface area (TPSA) is 67.4 Å². The predicted octanol–water partition coefficient (Wildman–Crippen LogP) is 3.64. The van der Waals surface area contributed by atoms with Gasteiger partial charge in [0.15, 0.2) is 0 Å². The highest BCUT2D eigenvalue weighted by Crippen LogP contribution is 2.25. The molecule has 0 saturated carbocycles. The molecule has 0 saturated heterocycles. The smallest absolute Gasteiger partial charge is 0.251 e. The van der Waals surface area contributed by atoms with Gasteiger partial charge in [0, 0.05) is 18.5 Å². The molecule has 1 aliphatic rings. The molecular formula is C25H26N2O3. The largest absolute Gasteiger partial charge is 0.492 e. The summed E-state index contributed by atoms with van der Waals surface area (Å²) in [5, 5.41) is 7.74. The van der Waals surface area contributed by atoms with Gasteiger partial charge in [-0.15, -0.1) is 0 Å². The maximum atomic E-state index is 12.3. The fraction of sp³-hybridized carbons (Fsp3) is 0.280. The Labute approximate surface area is 176 Å². The van der Waals surface area contributed by atoms with E-state index < -0.39 is 0 Å². The normalized spacial score (nSPS) is 12.4. The number of fused-ring (bicyclic) bond motifs is 2. The van der Waals surface area contributed by atoms with Crippen LogP contribution in [-0.2, 0) is 17.6 Å². The minimum absolute atomic E-state index is 0.105. The first kappa shape index (κ1) is 20.0. The third-order valence-electron chi connectivity index (χ3n) is 5.41. The lowest BCUT2D eigenvalue weighted by Crippen LogP contribution is -2.32. The Hall–Kier alpha value is -3.34. The Morgan fingerprint density at radius 1 is 0.833 bits per heavy atom. The van der Waals surface area contributed by atoms with Gasteiger partial charge in [0.05, 0.1) is 6.54 Å². The van der Waals surface area contributed by atoms with Gasteiger partial charge in [0.25, 0.3) is 5.91 Å². The summed E-state index contributed by atoms with van der Waals surface area (Å²) in [6.45, 7) is 1.16. The highest BCUT2D eigenvalue weighted by atomic mass is 16.5. The number of carbonyl (C=O) groups is 2. The number of amides is 2. The molecule has 4 rings (SSSR count). The zero-order valence-corrected chi connectivity index (χ0v) is 16.9. The standard InChI is InChI=1S/C25H26N2O3/c28-24(26-14-15-30-23-11-10-19-6-3-7-21(19)17-23)12-13-27-25(29)22-9-8-18-4-1-2-5-20(18)16-22/h1-2,4-5,8-11,16-17H,3,6-7,12-15H2,(H,26,28)(H,27,29). The summed E-state index contributed by atoms with van der Waals surface area (Å²) >= 11 is 0. The first-order valence-corrected chi connectivity index (χ1v) is 10.5. The van der Waals surface area contributed by atoms with Crippen LogP contribution in [0.4, 0.5) is 0 Å². The van der Waals surface area contributed by atoms with Crippen molar-refractivity contribution in [2.75, 3.05) is 19.7 Å². The molecule has 0 fully saturated rings. The van der Waals surface area contributed by atoms with Crippen molar-refractivity contribution in [1.29, 1.82) is 0 Å². The van der Waals surface area contributed by atoms with Gasteiger partial charge in [-0.25, -0.2) is 0 Å². The van der Waals surface area contributed by atoms with Crippen molar-refractivity contribution < 1.29 is 14.3 Å². The number of benzene rings is 3. The molecule has 154 valence electrons. The zero-order valence-electron chi connectivity index (χ0n) is 16.9. The van der Waals surface area contributed by atoms with E-state index in [9.17, 15) is 9.59 Å². The van der Waals surface area contributed by atoms with Gasteiger partial charge in [0.1, 0.15) is 12.4 Å². The molecule has 0 unspecified atom stereocenters. The molecule has 2 N–H and O–H groups in total. The minimum atomic E-state index is -0.173. The van der Waals surface area contributed by atoms with Crippen LogP contribution < -0.4 is 15.4 Å². The molecule has 0 atom stereocenters. The van der Waals surface area contributed by atoms with Crippen LogP contribution in [0.1, 0.15) is 34.3 Å². The SMILES string of the molecule is O=C(CCNC(=O)c1ccc2ccccc2c1)NCCOc1ccc2c(c1)CCC2. The Morgan fingerprint density at radius 3 is 2.57 bits per heavy atom. The zero-order chi connectivity index (χ0) is 20.8. The number of hydrogen-bond donors (Lipinski definition) is 2. The maximum absolute atomic E-state index is 12.3. The van der Waals surface area contributed by atoms with E-state index in [0.29, 0.717) is 25.3 Å². The highest BCUT2D eigenvalue weighted by Gasteiger charge is 2.11. The second-order valence-electron chi connectivity index (χ2n) is 7.55. The number of nitrogens with one attached hydrogen (secondary N) is 2. The van der Waals surface area contributed by atoms with Crippen LogP contribution in [0.15, 0.2) is 60.7 Å². The fourth-order valence-electron chi connectivity index (χ4n) is 3.81. The first-order chi connectivity index (χ1) is 14.7. The number of carbonyl (C=O) groups excluding carboxylic acids is 2. The summed E-state index contributed by atoms with van der Waals surface area (Å²) in [7, 11) is 0. The average molecular weight is 402 g/mol. The molecule has 2 amide bonds. The highest BCUT2D eigenvalue weighted by molar-refractivity contribution is 5.98.